The summed E-state index contributed by atoms with van der Waals surface area (Å²) in [6, 6.07) is 7.22. The molecule has 5 heterocycles. The largest absolute Gasteiger partial charge is 0.365 e. The van der Waals surface area contributed by atoms with Gasteiger partial charge in [0.25, 0.3) is 0 Å². The Labute approximate surface area is 164 Å². The Morgan fingerprint density at radius 3 is 3.11 bits per heavy atom. The Bertz CT molecular complexity index is 987. The quantitative estimate of drug-likeness (QED) is 0.753. The van der Waals surface area contributed by atoms with E-state index in [0.29, 0.717) is 0 Å². The summed E-state index contributed by atoms with van der Waals surface area (Å²) in [5.74, 6) is 1.07. The number of anilines is 1. The fourth-order valence-corrected chi connectivity index (χ4v) is 4.81. The van der Waals surface area contributed by atoms with E-state index in [1.54, 1.807) is 0 Å². The van der Waals surface area contributed by atoms with Crippen LogP contribution in [-0.2, 0) is 25.9 Å². The van der Waals surface area contributed by atoms with Gasteiger partial charge in [0.1, 0.15) is 5.82 Å². The van der Waals surface area contributed by atoms with Gasteiger partial charge >= 0.3 is 0 Å². The Balaban J connectivity index is 1.21. The van der Waals surface area contributed by atoms with E-state index >= 15 is 0 Å². The molecule has 1 aromatic carbocycles. The monoisotopic (exact) mass is 375 g/mol. The Kier molecular flexibility index (Phi) is 3.84. The van der Waals surface area contributed by atoms with E-state index in [0.717, 1.165) is 70.1 Å². The smallest absolute Gasteiger partial charge is 0.124 e. The maximum Gasteiger partial charge on any atom is 0.124 e. The lowest BCUT2D eigenvalue weighted by molar-refractivity contribution is 0.502. The minimum absolute atomic E-state index is 0.246. The fourth-order valence-electron chi connectivity index (χ4n) is 4.81. The second-order valence-electron chi connectivity index (χ2n) is 8.19. The third-order valence-corrected chi connectivity index (χ3v) is 6.45. The van der Waals surface area contributed by atoms with Crippen LogP contribution in [-0.4, -0.2) is 36.1 Å². The molecule has 144 valence electrons. The number of imidazole rings is 1. The van der Waals surface area contributed by atoms with E-state index in [-0.39, 0.29) is 6.04 Å². The van der Waals surface area contributed by atoms with E-state index < -0.39 is 0 Å². The molecule has 7 nitrogen and oxygen atoms in total. The first-order valence-corrected chi connectivity index (χ1v) is 10.3. The van der Waals surface area contributed by atoms with Crippen LogP contribution >= 0.6 is 0 Å². The number of azo groups is 1. The number of aromatic nitrogens is 2. The minimum atomic E-state index is 0.246. The molecule has 28 heavy (non-hydrogen) atoms. The molecule has 7 heteroatoms. The molecule has 0 radical (unpaired) electrons. The molecule has 4 aliphatic rings. The number of fused-ring (bicyclic) bond motifs is 2. The maximum atomic E-state index is 4.95. The van der Waals surface area contributed by atoms with Crippen LogP contribution in [0.2, 0.25) is 0 Å². The normalized spacial score (nSPS) is 23.6. The number of hydrogen-bond acceptors (Lipinski definition) is 6. The number of rotatable bonds is 2. The third kappa shape index (κ3) is 2.77. The molecular weight excluding hydrogens is 350 g/mol. The second-order valence-corrected chi connectivity index (χ2v) is 8.19. The van der Waals surface area contributed by atoms with Gasteiger partial charge < -0.3 is 20.5 Å². The zero-order valence-electron chi connectivity index (χ0n) is 16.0. The lowest BCUT2D eigenvalue weighted by atomic mass is 9.99. The number of aromatic amines is 1. The first-order chi connectivity index (χ1) is 13.8. The predicted octanol–water partition coefficient (Wildman–Crippen LogP) is 2.37. The Hall–Kier alpha value is -2.51. The minimum Gasteiger partial charge on any atom is -0.365 e. The van der Waals surface area contributed by atoms with Crippen LogP contribution in [0.1, 0.15) is 40.8 Å². The first-order valence-electron chi connectivity index (χ1n) is 10.3. The molecule has 4 aliphatic heterocycles. The highest BCUT2D eigenvalue weighted by atomic mass is 15.2. The number of hydrogen-bond donors (Lipinski definition) is 3. The van der Waals surface area contributed by atoms with Crippen molar-refractivity contribution in [2.75, 3.05) is 31.1 Å². The molecular formula is C21H25N7. The van der Waals surface area contributed by atoms with Gasteiger partial charge in [-0.3, -0.25) is 0 Å². The van der Waals surface area contributed by atoms with Gasteiger partial charge in [-0.15, -0.1) is 0 Å². The molecule has 2 aromatic rings. The summed E-state index contributed by atoms with van der Waals surface area (Å²) >= 11 is 0. The lowest BCUT2D eigenvalue weighted by Crippen LogP contribution is -2.31. The van der Waals surface area contributed by atoms with E-state index in [2.05, 4.69) is 48.9 Å². The Morgan fingerprint density at radius 2 is 2.11 bits per heavy atom. The maximum absolute atomic E-state index is 4.95. The van der Waals surface area contributed by atoms with Crippen molar-refractivity contribution in [3.8, 4) is 0 Å². The van der Waals surface area contributed by atoms with Gasteiger partial charge in [0.05, 0.1) is 36.2 Å². The van der Waals surface area contributed by atoms with Crippen molar-refractivity contribution in [3.05, 3.63) is 57.8 Å². The van der Waals surface area contributed by atoms with E-state index in [1.165, 1.54) is 33.8 Å². The van der Waals surface area contributed by atoms with Crippen molar-refractivity contribution in [1.29, 1.82) is 0 Å². The topological polar surface area (TPSA) is 80.7 Å². The molecule has 0 amide bonds. The summed E-state index contributed by atoms with van der Waals surface area (Å²) in [7, 11) is 0. The van der Waals surface area contributed by atoms with Crippen molar-refractivity contribution in [2.24, 2.45) is 10.2 Å². The number of H-pyrrole nitrogens is 1. The van der Waals surface area contributed by atoms with Gasteiger partial charge in [-0.2, -0.15) is 10.2 Å². The van der Waals surface area contributed by atoms with Crippen molar-refractivity contribution < 1.29 is 0 Å². The second kappa shape index (κ2) is 6.53. The molecule has 1 atom stereocenters. The number of nitrogens with one attached hydrogen (secondary N) is 3. The summed E-state index contributed by atoms with van der Waals surface area (Å²) in [6.07, 6.45) is 3.08. The highest BCUT2D eigenvalue weighted by Gasteiger charge is 2.28. The van der Waals surface area contributed by atoms with Gasteiger partial charge in [0, 0.05) is 31.7 Å². The molecule has 0 spiro atoms. The molecule has 0 saturated carbocycles. The molecule has 0 bridgehead atoms. The Morgan fingerprint density at radius 1 is 1.11 bits per heavy atom. The van der Waals surface area contributed by atoms with E-state index in [9.17, 15) is 0 Å². The summed E-state index contributed by atoms with van der Waals surface area (Å²) in [4.78, 5) is 11.1. The summed E-state index contributed by atoms with van der Waals surface area (Å²) in [5, 5.41) is 15.4. The SMILES string of the molecule is c1cc2c(cc1N1CCc3nc(C4CC5=C(CN4)N=NC5)[nH]c3C1)CNCC2. The van der Waals surface area contributed by atoms with Crippen LogP contribution in [0.4, 0.5) is 5.69 Å². The van der Waals surface area contributed by atoms with Crippen LogP contribution in [0.15, 0.2) is 39.7 Å². The molecule has 1 unspecified atom stereocenters. The van der Waals surface area contributed by atoms with Crippen molar-refractivity contribution in [1.82, 2.24) is 20.6 Å². The van der Waals surface area contributed by atoms with Crippen LogP contribution in [0.5, 0.6) is 0 Å². The standard InChI is InChI=1S/C21H25N7/c1-2-16(7-14-9-22-5-3-13(1)14)28-6-4-17-20(12-28)26-21(25-17)18-8-15-10-24-27-19(15)11-23-18/h1-2,7,18,22-23H,3-6,8-12H2,(H,25,26). The predicted molar refractivity (Wildman–Crippen MR) is 107 cm³/mol. The van der Waals surface area contributed by atoms with Crippen LogP contribution in [0.25, 0.3) is 0 Å². The summed E-state index contributed by atoms with van der Waals surface area (Å²) in [6.45, 7) is 5.56. The van der Waals surface area contributed by atoms with Crippen LogP contribution in [0, 0.1) is 0 Å². The summed E-state index contributed by atoms with van der Waals surface area (Å²) < 4.78 is 0. The average Bonchev–Trinajstić information content (AvgIpc) is 3.39. The van der Waals surface area contributed by atoms with Gasteiger partial charge in [0.2, 0.25) is 0 Å². The van der Waals surface area contributed by atoms with E-state index in [4.69, 9.17) is 4.98 Å². The van der Waals surface area contributed by atoms with Crippen LogP contribution in [0.3, 0.4) is 0 Å². The van der Waals surface area contributed by atoms with Crippen molar-refractivity contribution in [3.63, 3.8) is 0 Å². The molecule has 0 aliphatic carbocycles. The van der Waals surface area contributed by atoms with Gasteiger partial charge in [-0.05, 0) is 48.2 Å². The highest BCUT2D eigenvalue weighted by Crippen LogP contribution is 2.32. The molecule has 3 N–H and O–H groups in total. The average molecular weight is 375 g/mol. The first kappa shape index (κ1) is 16.4. The van der Waals surface area contributed by atoms with Gasteiger partial charge in [0.15, 0.2) is 0 Å². The fraction of sp³-hybridized carbons (Fsp3) is 0.476. The molecule has 0 fully saturated rings. The van der Waals surface area contributed by atoms with Gasteiger partial charge in [-0.1, -0.05) is 6.07 Å². The van der Waals surface area contributed by atoms with Crippen molar-refractivity contribution >= 4 is 5.69 Å². The van der Waals surface area contributed by atoms with E-state index in [1.807, 2.05) is 0 Å². The zero-order chi connectivity index (χ0) is 18.5. The highest BCUT2D eigenvalue weighted by molar-refractivity contribution is 5.53. The molecule has 0 saturated heterocycles. The summed E-state index contributed by atoms with van der Waals surface area (Å²) in [5.41, 5.74) is 9.24. The lowest BCUT2D eigenvalue weighted by Gasteiger charge is -2.29. The zero-order valence-corrected chi connectivity index (χ0v) is 16.0. The van der Waals surface area contributed by atoms with Gasteiger partial charge in [-0.25, -0.2) is 4.98 Å². The number of benzene rings is 1. The number of nitrogens with zero attached hydrogens (tertiary/aromatic N) is 4. The van der Waals surface area contributed by atoms with Crippen LogP contribution < -0.4 is 15.5 Å². The van der Waals surface area contributed by atoms with Crippen molar-refractivity contribution in [2.45, 2.75) is 38.4 Å². The third-order valence-electron chi connectivity index (χ3n) is 6.45. The molecule has 6 rings (SSSR count). The molecule has 1 aromatic heterocycles.